The molecule has 0 aliphatic carbocycles. The Balaban J connectivity index is 5.54. The van der Waals surface area contributed by atoms with Gasteiger partial charge in [0.2, 0.25) is 35.4 Å². The summed E-state index contributed by atoms with van der Waals surface area (Å²) in [7, 11) is 0. The summed E-state index contributed by atoms with van der Waals surface area (Å²) in [5.74, 6) is -9.58. The van der Waals surface area contributed by atoms with Gasteiger partial charge >= 0.3 is 11.9 Å². The van der Waals surface area contributed by atoms with Crippen LogP contribution in [-0.4, -0.2) is 81.8 Å². The van der Waals surface area contributed by atoms with Crippen LogP contribution in [0.5, 0.6) is 0 Å². The maximum Gasteiger partial charge on any atom is 0.326 e. The molecule has 17 heteroatoms. The minimum atomic E-state index is -1.90. The molecule has 0 fully saturated rings. The predicted octanol–water partition coefficient (Wildman–Crippen LogP) is -5.66. The fourth-order valence-electron chi connectivity index (χ4n) is 2.45. The summed E-state index contributed by atoms with van der Waals surface area (Å²) < 4.78 is 0. The summed E-state index contributed by atoms with van der Waals surface area (Å²) in [5.41, 5.74) is 20.6. The Labute approximate surface area is 191 Å². The topological polar surface area (TPSA) is 317 Å². The van der Waals surface area contributed by atoms with E-state index in [9.17, 15) is 38.4 Å². The second-order valence-electron chi connectivity index (χ2n) is 7.07. The molecule has 34 heavy (non-hydrogen) atoms. The van der Waals surface area contributed by atoms with E-state index in [2.05, 4.69) is 5.32 Å². The Morgan fingerprint density at radius 2 is 1.03 bits per heavy atom. The van der Waals surface area contributed by atoms with Crippen molar-refractivity contribution in [3.05, 3.63) is 0 Å². The normalized spacial score (nSPS) is 13.9. The lowest BCUT2D eigenvalue weighted by Gasteiger charge is -2.24. The third kappa shape index (κ3) is 11.9. The van der Waals surface area contributed by atoms with Crippen molar-refractivity contribution in [1.82, 2.24) is 16.0 Å². The average molecular weight is 489 g/mol. The number of carbonyl (C=O) groups excluding carboxylic acids is 6. The quantitative estimate of drug-likeness (QED) is 0.0983. The van der Waals surface area contributed by atoms with Gasteiger partial charge in [0.05, 0.1) is 25.3 Å². The van der Waals surface area contributed by atoms with Gasteiger partial charge in [0.25, 0.3) is 0 Å². The Kier molecular flexibility index (Phi) is 12.2. The number of primary amides is 3. The van der Waals surface area contributed by atoms with Crippen LogP contribution in [0.1, 0.15) is 32.1 Å². The number of rotatable bonds is 16. The van der Waals surface area contributed by atoms with Gasteiger partial charge in [-0.25, -0.2) is 4.79 Å². The van der Waals surface area contributed by atoms with Gasteiger partial charge in [-0.15, -0.1) is 0 Å². The molecule has 0 radical (unpaired) electrons. The van der Waals surface area contributed by atoms with E-state index < -0.39 is 90.8 Å². The number of amides is 6. The standard InChI is InChI=1S/C17H27N7O10/c18-6(1-2-10(19)25)14(30)22-7(3-11(20)26)15(31)23-8(4-12(21)27)16(32)24-9(17(33)34)5-13(28)29/h6-9H,1-5,18H2,(H2,19,25)(H2,20,26)(H2,21,27)(H,22,30)(H,23,31)(H,24,32)(H,28,29)(H,33,34). The van der Waals surface area contributed by atoms with Crippen LogP contribution >= 0.6 is 0 Å². The summed E-state index contributed by atoms with van der Waals surface area (Å²) in [5, 5.41) is 23.7. The van der Waals surface area contributed by atoms with Crippen LogP contribution in [0.4, 0.5) is 0 Å². The summed E-state index contributed by atoms with van der Waals surface area (Å²) in [6, 6.07) is -6.67. The van der Waals surface area contributed by atoms with Crippen molar-refractivity contribution < 1.29 is 48.6 Å². The van der Waals surface area contributed by atoms with Crippen LogP contribution in [0.25, 0.3) is 0 Å². The maximum absolute atomic E-state index is 12.6. The van der Waals surface area contributed by atoms with Gasteiger partial charge < -0.3 is 49.1 Å². The summed E-state index contributed by atoms with van der Waals surface area (Å²) in [6.45, 7) is 0. The second kappa shape index (κ2) is 14.0. The van der Waals surface area contributed by atoms with Crippen molar-refractivity contribution in [2.75, 3.05) is 0 Å². The maximum atomic E-state index is 12.6. The molecule has 6 amide bonds. The van der Waals surface area contributed by atoms with Gasteiger partial charge in [-0.1, -0.05) is 0 Å². The molecule has 0 bridgehead atoms. The van der Waals surface area contributed by atoms with Gasteiger partial charge in [-0.2, -0.15) is 0 Å². The third-order valence-corrected chi connectivity index (χ3v) is 4.11. The molecule has 0 saturated heterocycles. The van der Waals surface area contributed by atoms with E-state index in [0.29, 0.717) is 0 Å². The zero-order valence-corrected chi connectivity index (χ0v) is 17.8. The molecular formula is C17H27N7O10. The zero-order chi connectivity index (χ0) is 26.6. The van der Waals surface area contributed by atoms with E-state index in [4.69, 9.17) is 33.1 Å². The van der Waals surface area contributed by atoms with Crippen molar-refractivity contribution in [3.8, 4) is 0 Å². The lowest BCUT2D eigenvalue weighted by Crippen LogP contribution is -2.58. The molecule has 17 nitrogen and oxygen atoms in total. The fraction of sp³-hybridized carbons (Fsp3) is 0.529. The van der Waals surface area contributed by atoms with Crippen LogP contribution in [0.15, 0.2) is 0 Å². The van der Waals surface area contributed by atoms with E-state index in [1.807, 2.05) is 10.6 Å². The van der Waals surface area contributed by atoms with Crippen molar-refractivity contribution in [3.63, 3.8) is 0 Å². The molecule has 0 aromatic carbocycles. The van der Waals surface area contributed by atoms with E-state index >= 15 is 0 Å². The van der Waals surface area contributed by atoms with Crippen molar-refractivity contribution in [1.29, 1.82) is 0 Å². The molecular weight excluding hydrogens is 462 g/mol. The number of aliphatic carboxylic acids is 2. The number of nitrogens with one attached hydrogen (secondary N) is 3. The summed E-state index contributed by atoms with van der Waals surface area (Å²) in [6.07, 6.45) is -3.04. The van der Waals surface area contributed by atoms with Crippen molar-refractivity contribution in [2.45, 2.75) is 56.3 Å². The summed E-state index contributed by atoms with van der Waals surface area (Å²) >= 11 is 0. The molecule has 4 atom stereocenters. The third-order valence-electron chi connectivity index (χ3n) is 4.11. The average Bonchev–Trinajstić information content (AvgIpc) is 2.68. The number of hydrogen-bond donors (Lipinski definition) is 9. The van der Waals surface area contributed by atoms with Crippen LogP contribution in [-0.2, 0) is 38.4 Å². The number of hydrogen-bond acceptors (Lipinski definition) is 9. The predicted molar refractivity (Wildman–Crippen MR) is 110 cm³/mol. The van der Waals surface area contributed by atoms with Crippen LogP contribution in [0.3, 0.4) is 0 Å². The van der Waals surface area contributed by atoms with Gasteiger partial charge in [-0.05, 0) is 6.42 Å². The highest BCUT2D eigenvalue weighted by Crippen LogP contribution is 2.02. The molecule has 0 saturated carbocycles. The molecule has 0 heterocycles. The van der Waals surface area contributed by atoms with E-state index in [1.165, 1.54) is 0 Å². The lowest BCUT2D eigenvalue weighted by atomic mass is 10.1. The van der Waals surface area contributed by atoms with Crippen molar-refractivity contribution in [2.24, 2.45) is 22.9 Å². The smallest absolute Gasteiger partial charge is 0.326 e. The van der Waals surface area contributed by atoms with Gasteiger partial charge in [0.15, 0.2) is 0 Å². The van der Waals surface area contributed by atoms with Crippen molar-refractivity contribution >= 4 is 47.4 Å². The molecule has 0 rings (SSSR count). The number of carbonyl (C=O) groups is 8. The van der Waals surface area contributed by atoms with E-state index in [-0.39, 0.29) is 12.8 Å². The lowest BCUT2D eigenvalue weighted by molar-refractivity contribution is -0.147. The molecule has 0 aliphatic rings. The van der Waals surface area contributed by atoms with Gasteiger partial charge in [-0.3, -0.25) is 33.6 Å². The zero-order valence-electron chi connectivity index (χ0n) is 17.8. The summed E-state index contributed by atoms with van der Waals surface area (Å²) in [4.78, 5) is 92.6. The number of carboxylic acid groups (broad SMARTS) is 2. The highest BCUT2D eigenvalue weighted by Gasteiger charge is 2.32. The number of carboxylic acids is 2. The Morgan fingerprint density at radius 3 is 1.38 bits per heavy atom. The molecule has 0 aromatic heterocycles. The molecule has 190 valence electrons. The largest absolute Gasteiger partial charge is 0.481 e. The van der Waals surface area contributed by atoms with Crippen LogP contribution in [0, 0.1) is 0 Å². The van der Waals surface area contributed by atoms with E-state index in [0.717, 1.165) is 0 Å². The van der Waals surface area contributed by atoms with Gasteiger partial charge in [0, 0.05) is 6.42 Å². The fourth-order valence-corrected chi connectivity index (χ4v) is 2.45. The molecule has 4 unspecified atom stereocenters. The molecule has 0 spiro atoms. The van der Waals surface area contributed by atoms with Crippen LogP contribution < -0.4 is 38.9 Å². The highest BCUT2D eigenvalue weighted by atomic mass is 16.4. The SMILES string of the molecule is NC(=O)CCC(N)C(=O)NC(CC(N)=O)C(=O)NC(CC(N)=O)C(=O)NC(CC(=O)O)C(=O)O. The Bertz CT molecular complexity index is 847. The minimum absolute atomic E-state index is 0.182. The molecule has 0 aliphatic heterocycles. The van der Waals surface area contributed by atoms with E-state index in [1.54, 1.807) is 0 Å². The highest BCUT2D eigenvalue weighted by molar-refractivity contribution is 5.98. The monoisotopic (exact) mass is 489 g/mol. The first-order valence-electron chi connectivity index (χ1n) is 9.60. The minimum Gasteiger partial charge on any atom is -0.481 e. The second-order valence-corrected chi connectivity index (χ2v) is 7.07. The molecule has 13 N–H and O–H groups in total. The first kappa shape index (κ1) is 29.7. The van der Waals surface area contributed by atoms with Gasteiger partial charge in [0.1, 0.15) is 18.1 Å². The first-order chi connectivity index (χ1) is 15.6. The van der Waals surface area contributed by atoms with Crippen LogP contribution in [0.2, 0.25) is 0 Å². The first-order valence-corrected chi connectivity index (χ1v) is 9.60. The number of nitrogens with two attached hydrogens (primary N) is 4. The Hall–Kier alpha value is -4.28. The molecule has 0 aromatic rings. The Morgan fingerprint density at radius 1 is 0.618 bits per heavy atom.